The molecule has 1 atom stereocenters. The van der Waals surface area contributed by atoms with Gasteiger partial charge in [0.2, 0.25) is 15.9 Å². The number of nitrogens with one attached hydrogen (secondary N) is 1. The first-order valence-corrected chi connectivity index (χ1v) is 9.62. The molecule has 0 bridgehead atoms. The number of hydrogen-bond donors (Lipinski definition) is 1. The first kappa shape index (κ1) is 17.7. The zero-order chi connectivity index (χ0) is 16.9. The normalized spacial score (nSPS) is 18.7. The highest BCUT2D eigenvalue weighted by Gasteiger charge is 2.24. The molecule has 7 heteroatoms. The second-order valence-electron chi connectivity index (χ2n) is 6.00. The summed E-state index contributed by atoms with van der Waals surface area (Å²) in [5.74, 6) is 0.985. The summed E-state index contributed by atoms with van der Waals surface area (Å²) in [5.41, 5.74) is 0.922. The zero-order valence-corrected chi connectivity index (χ0v) is 14.4. The lowest BCUT2D eigenvalue weighted by molar-refractivity contribution is -0.132. The van der Waals surface area contributed by atoms with Gasteiger partial charge in [0.15, 0.2) is 0 Å². The maximum Gasteiger partial charge on any atom is 0.227 e. The van der Waals surface area contributed by atoms with E-state index in [0.717, 1.165) is 37.0 Å². The van der Waals surface area contributed by atoms with Crippen LogP contribution in [0.2, 0.25) is 0 Å². The van der Waals surface area contributed by atoms with Crippen molar-refractivity contribution in [2.24, 2.45) is 5.92 Å². The van der Waals surface area contributed by atoms with Crippen LogP contribution in [0.1, 0.15) is 18.4 Å². The molecule has 1 saturated heterocycles. The van der Waals surface area contributed by atoms with Crippen molar-refractivity contribution >= 4 is 15.9 Å². The van der Waals surface area contributed by atoms with Crippen molar-refractivity contribution in [3.63, 3.8) is 0 Å². The van der Waals surface area contributed by atoms with E-state index in [9.17, 15) is 13.2 Å². The Morgan fingerprint density at radius 3 is 2.91 bits per heavy atom. The number of nitrogens with zero attached hydrogens (tertiary/aromatic N) is 1. The lowest BCUT2D eigenvalue weighted by Gasteiger charge is -2.33. The summed E-state index contributed by atoms with van der Waals surface area (Å²) in [6, 6.07) is 7.50. The zero-order valence-electron chi connectivity index (χ0n) is 13.6. The molecule has 0 aromatic heterocycles. The number of piperidine rings is 1. The number of rotatable bonds is 6. The number of amides is 1. The third kappa shape index (κ3) is 5.84. The van der Waals surface area contributed by atoms with E-state index in [1.165, 1.54) is 0 Å². The third-order valence-corrected chi connectivity index (χ3v) is 4.69. The molecule has 23 heavy (non-hydrogen) atoms. The summed E-state index contributed by atoms with van der Waals surface area (Å²) >= 11 is 0. The van der Waals surface area contributed by atoms with Crippen LogP contribution in [0, 0.1) is 5.92 Å². The van der Waals surface area contributed by atoms with Gasteiger partial charge in [-0.15, -0.1) is 0 Å². The van der Waals surface area contributed by atoms with Crippen molar-refractivity contribution in [1.29, 1.82) is 0 Å². The van der Waals surface area contributed by atoms with E-state index in [4.69, 9.17) is 4.74 Å². The molecule has 1 N–H and O–H groups in total. The van der Waals surface area contributed by atoms with Gasteiger partial charge in [-0.25, -0.2) is 13.1 Å². The van der Waals surface area contributed by atoms with Gasteiger partial charge in [-0.3, -0.25) is 4.79 Å². The minimum Gasteiger partial charge on any atom is -0.497 e. The fraction of sp³-hybridized carbons (Fsp3) is 0.562. The van der Waals surface area contributed by atoms with Gasteiger partial charge in [0, 0.05) is 19.6 Å². The number of methoxy groups -OCH3 is 1. The molecule has 1 heterocycles. The molecular formula is C16H24N2O4S. The smallest absolute Gasteiger partial charge is 0.227 e. The van der Waals surface area contributed by atoms with Gasteiger partial charge in [0.05, 0.1) is 19.8 Å². The quantitative estimate of drug-likeness (QED) is 0.839. The molecule has 6 nitrogen and oxygen atoms in total. The van der Waals surface area contributed by atoms with Crippen LogP contribution in [0.3, 0.4) is 0 Å². The van der Waals surface area contributed by atoms with E-state index in [1.807, 2.05) is 29.2 Å². The van der Waals surface area contributed by atoms with Gasteiger partial charge in [-0.05, 0) is 36.5 Å². The van der Waals surface area contributed by atoms with E-state index in [0.29, 0.717) is 19.5 Å². The SMILES string of the molecule is COc1cccc(CC(=O)N2CCC[C@@H](CNS(C)(=O)=O)C2)c1. The molecule has 0 saturated carbocycles. The fourth-order valence-electron chi connectivity index (χ4n) is 2.80. The van der Waals surface area contributed by atoms with Gasteiger partial charge >= 0.3 is 0 Å². The molecule has 1 aromatic carbocycles. The third-order valence-electron chi connectivity index (χ3n) is 4.00. The Bertz CT molecular complexity index is 645. The van der Waals surface area contributed by atoms with Crippen LogP contribution in [-0.4, -0.2) is 52.2 Å². The van der Waals surface area contributed by atoms with Crippen molar-refractivity contribution in [3.05, 3.63) is 29.8 Å². The number of likely N-dealkylation sites (tertiary alicyclic amines) is 1. The Hall–Kier alpha value is -1.60. The topological polar surface area (TPSA) is 75.7 Å². The molecule has 1 fully saturated rings. The van der Waals surface area contributed by atoms with Crippen molar-refractivity contribution in [2.75, 3.05) is 33.0 Å². The van der Waals surface area contributed by atoms with E-state index in [1.54, 1.807) is 7.11 Å². The molecular weight excluding hydrogens is 316 g/mol. The van der Waals surface area contributed by atoms with Crippen LogP contribution in [-0.2, 0) is 21.2 Å². The number of ether oxygens (including phenoxy) is 1. The molecule has 1 amide bonds. The van der Waals surface area contributed by atoms with Crippen LogP contribution >= 0.6 is 0 Å². The summed E-state index contributed by atoms with van der Waals surface area (Å²) in [5, 5.41) is 0. The lowest BCUT2D eigenvalue weighted by atomic mass is 9.97. The molecule has 1 aliphatic rings. The van der Waals surface area contributed by atoms with E-state index < -0.39 is 10.0 Å². The van der Waals surface area contributed by atoms with Crippen LogP contribution in [0.25, 0.3) is 0 Å². The molecule has 2 rings (SSSR count). The van der Waals surface area contributed by atoms with Crippen LogP contribution in [0.15, 0.2) is 24.3 Å². The molecule has 1 aromatic rings. The number of benzene rings is 1. The number of sulfonamides is 1. The maximum absolute atomic E-state index is 12.5. The predicted molar refractivity (Wildman–Crippen MR) is 88.8 cm³/mol. The highest BCUT2D eigenvalue weighted by atomic mass is 32.2. The van der Waals surface area contributed by atoms with Gasteiger partial charge < -0.3 is 9.64 Å². The van der Waals surface area contributed by atoms with E-state index in [-0.39, 0.29) is 11.8 Å². The first-order valence-electron chi connectivity index (χ1n) is 7.73. The monoisotopic (exact) mass is 340 g/mol. The summed E-state index contributed by atoms with van der Waals surface area (Å²) in [7, 11) is -1.58. The summed E-state index contributed by atoms with van der Waals surface area (Å²) in [4.78, 5) is 14.3. The minimum atomic E-state index is -3.18. The second kappa shape index (κ2) is 7.79. The lowest BCUT2D eigenvalue weighted by Crippen LogP contribution is -2.44. The highest BCUT2D eigenvalue weighted by Crippen LogP contribution is 2.18. The number of hydrogen-bond acceptors (Lipinski definition) is 4. The minimum absolute atomic E-state index is 0.0716. The molecule has 128 valence electrons. The van der Waals surface area contributed by atoms with Gasteiger partial charge in [0.1, 0.15) is 5.75 Å². The standard InChI is InChI=1S/C16H24N2O4S/c1-22-15-7-3-5-13(9-15)10-16(19)18-8-4-6-14(12-18)11-17-23(2,20)21/h3,5,7,9,14,17H,4,6,8,10-12H2,1-2H3/t14-/m0/s1. The number of carbonyl (C=O) groups is 1. The fourth-order valence-corrected chi connectivity index (χ4v) is 3.33. The average molecular weight is 340 g/mol. The summed E-state index contributed by atoms with van der Waals surface area (Å²) in [6.07, 6.45) is 3.33. The van der Waals surface area contributed by atoms with Gasteiger partial charge in [-0.1, -0.05) is 12.1 Å². The summed E-state index contributed by atoms with van der Waals surface area (Å²) < 4.78 is 30.1. The first-order chi connectivity index (χ1) is 10.9. The number of carbonyl (C=O) groups excluding carboxylic acids is 1. The van der Waals surface area contributed by atoms with Gasteiger partial charge in [-0.2, -0.15) is 0 Å². The molecule has 0 radical (unpaired) electrons. The van der Waals surface area contributed by atoms with Crippen LogP contribution in [0.5, 0.6) is 5.75 Å². The van der Waals surface area contributed by atoms with Crippen molar-refractivity contribution in [2.45, 2.75) is 19.3 Å². The van der Waals surface area contributed by atoms with Gasteiger partial charge in [0.25, 0.3) is 0 Å². The van der Waals surface area contributed by atoms with Crippen LogP contribution < -0.4 is 9.46 Å². The van der Waals surface area contributed by atoms with E-state index >= 15 is 0 Å². The van der Waals surface area contributed by atoms with Crippen LogP contribution in [0.4, 0.5) is 0 Å². The molecule has 0 aliphatic carbocycles. The Kier molecular flexibility index (Phi) is 6.01. The predicted octanol–water partition coefficient (Wildman–Crippen LogP) is 1.03. The van der Waals surface area contributed by atoms with Crippen molar-refractivity contribution in [1.82, 2.24) is 9.62 Å². The van der Waals surface area contributed by atoms with Crippen molar-refractivity contribution in [3.8, 4) is 5.75 Å². The second-order valence-corrected chi connectivity index (χ2v) is 7.83. The molecule has 1 aliphatic heterocycles. The molecule has 0 unspecified atom stereocenters. The Balaban J connectivity index is 1.91. The van der Waals surface area contributed by atoms with Crippen molar-refractivity contribution < 1.29 is 17.9 Å². The Morgan fingerprint density at radius 1 is 1.43 bits per heavy atom. The summed E-state index contributed by atoms with van der Waals surface area (Å²) in [6.45, 7) is 1.73. The Labute approximate surface area is 137 Å². The average Bonchev–Trinajstić information content (AvgIpc) is 2.53. The van der Waals surface area contributed by atoms with E-state index in [2.05, 4.69) is 4.72 Å². The Morgan fingerprint density at radius 2 is 2.22 bits per heavy atom. The maximum atomic E-state index is 12.5. The highest BCUT2D eigenvalue weighted by molar-refractivity contribution is 7.88. The molecule has 0 spiro atoms. The largest absolute Gasteiger partial charge is 0.497 e.